The van der Waals surface area contributed by atoms with Crippen LogP contribution in [0, 0.1) is 12.8 Å². The van der Waals surface area contributed by atoms with Gasteiger partial charge in [0.1, 0.15) is 0 Å². The fourth-order valence-corrected chi connectivity index (χ4v) is 4.63. The molecule has 0 aliphatic carbocycles. The van der Waals surface area contributed by atoms with E-state index in [1.807, 2.05) is 11.3 Å². The summed E-state index contributed by atoms with van der Waals surface area (Å²) in [7, 11) is 3.83. The van der Waals surface area contributed by atoms with Crippen molar-refractivity contribution in [2.45, 2.75) is 32.0 Å². The summed E-state index contributed by atoms with van der Waals surface area (Å²) in [5, 5.41) is 2.79. The average molecular weight is 293 g/mol. The first kappa shape index (κ1) is 14.0. The quantitative estimate of drug-likeness (QED) is 0.913. The van der Waals surface area contributed by atoms with Crippen molar-refractivity contribution in [3.05, 3.63) is 21.9 Å². The molecule has 2 saturated heterocycles. The van der Waals surface area contributed by atoms with Crippen LogP contribution in [0.15, 0.2) is 12.1 Å². The second-order valence-corrected chi connectivity index (χ2v) is 7.44. The number of fused-ring (bicyclic) bond motifs is 1. The maximum absolute atomic E-state index is 11.9. The minimum absolute atomic E-state index is 0.0705. The number of likely N-dealkylation sites (N-methyl/N-ethyl adjacent to an activating group) is 2. The van der Waals surface area contributed by atoms with E-state index in [1.54, 1.807) is 7.05 Å². The minimum atomic E-state index is 0.0705. The second kappa shape index (κ2) is 5.47. The summed E-state index contributed by atoms with van der Waals surface area (Å²) in [6.07, 6.45) is 1.00. The van der Waals surface area contributed by atoms with Crippen molar-refractivity contribution >= 4 is 17.2 Å². The van der Waals surface area contributed by atoms with Crippen molar-refractivity contribution < 1.29 is 4.79 Å². The fraction of sp³-hybridized carbons (Fsp3) is 0.667. The Morgan fingerprint density at radius 2 is 2.25 bits per heavy atom. The topological polar surface area (TPSA) is 35.6 Å². The molecule has 5 heteroatoms. The number of rotatable bonds is 3. The van der Waals surface area contributed by atoms with Crippen LogP contribution in [-0.2, 0) is 11.3 Å². The van der Waals surface area contributed by atoms with E-state index in [0.717, 1.165) is 26.1 Å². The van der Waals surface area contributed by atoms with Gasteiger partial charge in [-0.25, -0.2) is 0 Å². The molecule has 1 N–H and O–H groups in total. The predicted molar refractivity (Wildman–Crippen MR) is 81.8 cm³/mol. The number of carbonyl (C=O) groups excluding carboxylic acids is 1. The molecule has 110 valence electrons. The molecule has 1 aromatic rings. The lowest BCUT2D eigenvalue weighted by atomic mass is 10.0. The molecule has 4 nitrogen and oxygen atoms in total. The van der Waals surface area contributed by atoms with Gasteiger partial charge in [0.05, 0.1) is 6.04 Å². The summed E-state index contributed by atoms with van der Waals surface area (Å²) in [4.78, 5) is 19.5. The van der Waals surface area contributed by atoms with E-state index in [0.29, 0.717) is 12.0 Å². The van der Waals surface area contributed by atoms with Crippen LogP contribution in [0.1, 0.15) is 16.2 Å². The second-order valence-electron chi connectivity index (χ2n) is 6.07. The normalized spacial score (nSPS) is 30.6. The minimum Gasteiger partial charge on any atom is -0.358 e. The standard InChI is InChI=1S/C15H23N3OS/c1-10-4-5-12(20-10)8-18-7-11-6-13(15(19)16-2)17(3)14(11)9-18/h4-5,11,13-14H,6-9H2,1-3H3,(H,16,19)/t11-,13-,14+/m0/s1. The lowest BCUT2D eigenvalue weighted by Crippen LogP contribution is -2.44. The molecule has 2 aliphatic heterocycles. The Balaban J connectivity index is 1.61. The van der Waals surface area contributed by atoms with Gasteiger partial charge in [-0.3, -0.25) is 14.6 Å². The van der Waals surface area contributed by atoms with Crippen molar-refractivity contribution in [1.29, 1.82) is 0 Å². The van der Waals surface area contributed by atoms with Crippen LogP contribution >= 0.6 is 11.3 Å². The Hall–Kier alpha value is -0.910. The van der Waals surface area contributed by atoms with E-state index in [2.05, 4.69) is 41.2 Å². The molecule has 1 aromatic heterocycles. The smallest absolute Gasteiger partial charge is 0.237 e. The van der Waals surface area contributed by atoms with Gasteiger partial charge in [-0.15, -0.1) is 11.3 Å². The van der Waals surface area contributed by atoms with Gasteiger partial charge in [0, 0.05) is 42.5 Å². The molecule has 3 rings (SSSR count). The first-order valence-electron chi connectivity index (χ1n) is 7.29. The third-order valence-electron chi connectivity index (χ3n) is 4.75. The molecule has 3 atom stereocenters. The number of nitrogens with one attached hydrogen (secondary N) is 1. The predicted octanol–water partition coefficient (Wildman–Crippen LogP) is 1.31. The molecule has 0 unspecified atom stereocenters. The van der Waals surface area contributed by atoms with Crippen LogP contribution in [0.4, 0.5) is 0 Å². The highest BCUT2D eigenvalue weighted by Crippen LogP contribution is 2.35. The molecule has 0 radical (unpaired) electrons. The molecule has 1 amide bonds. The van der Waals surface area contributed by atoms with E-state index >= 15 is 0 Å². The van der Waals surface area contributed by atoms with Crippen molar-refractivity contribution in [1.82, 2.24) is 15.1 Å². The van der Waals surface area contributed by atoms with Gasteiger partial charge < -0.3 is 5.32 Å². The molecule has 0 aromatic carbocycles. The van der Waals surface area contributed by atoms with Crippen LogP contribution in [0.3, 0.4) is 0 Å². The van der Waals surface area contributed by atoms with E-state index in [4.69, 9.17) is 0 Å². The van der Waals surface area contributed by atoms with Crippen LogP contribution < -0.4 is 5.32 Å². The van der Waals surface area contributed by atoms with Crippen molar-refractivity contribution in [3.8, 4) is 0 Å². The zero-order valence-electron chi connectivity index (χ0n) is 12.4. The monoisotopic (exact) mass is 293 g/mol. The zero-order chi connectivity index (χ0) is 14.3. The zero-order valence-corrected chi connectivity index (χ0v) is 13.2. The first-order chi connectivity index (χ1) is 9.58. The fourth-order valence-electron chi connectivity index (χ4n) is 3.70. The summed E-state index contributed by atoms with van der Waals surface area (Å²) in [5.74, 6) is 0.811. The molecule has 2 fully saturated rings. The molecule has 2 aliphatic rings. The van der Waals surface area contributed by atoms with Gasteiger partial charge in [0.15, 0.2) is 0 Å². The van der Waals surface area contributed by atoms with Crippen molar-refractivity contribution in [2.24, 2.45) is 5.92 Å². The van der Waals surface area contributed by atoms with Crippen molar-refractivity contribution in [3.63, 3.8) is 0 Å². The number of aryl methyl sites for hydroxylation is 1. The Morgan fingerprint density at radius 3 is 2.85 bits per heavy atom. The maximum Gasteiger partial charge on any atom is 0.237 e. The van der Waals surface area contributed by atoms with E-state index in [9.17, 15) is 4.79 Å². The van der Waals surface area contributed by atoms with Gasteiger partial charge in [-0.05, 0) is 38.4 Å². The molecular formula is C15H23N3OS. The maximum atomic E-state index is 11.9. The highest BCUT2D eigenvalue weighted by atomic mass is 32.1. The van der Waals surface area contributed by atoms with Crippen LogP contribution in [0.2, 0.25) is 0 Å². The van der Waals surface area contributed by atoms with Crippen LogP contribution in [0.5, 0.6) is 0 Å². The SMILES string of the molecule is CNC(=O)[C@@H]1C[C@H]2CN(Cc3ccc(C)s3)C[C@H]2N1C. The number of nitrogens with zero attached hydrogens (tertiary/aromatic N) is 2. The molecule has 3 heterocycles. The number of carbonyl (C=O) groups is 1. The van der Waals surface area contributed by atoms with Gasteiger partial charge in [-0.1, -0.05) is 0 Å². The summed E-state index contributed by atoms with van der Waals surface area (Å²) in [6.45, 7) is 5.43. The average Bonchev–Trinajstić information content (AvgIpc) is 3.07. The number of hydrogen-bond acceptors (Lipinski definition) is 4. The van der Waals surface area contributed by atoms with Gasteiger partial charge in [0.25, 0.3) is 0 Å². The van der Waals surface area contributed by atoms with Crippen LogP contribution in [0.25, 0.3) is 0 Å². The van der Waals surface area contributed by atoms with Gasteiger partial charge >= 0.3 is 0 Å². The number of likely N-dealkylation sites (tertiary alicyclic amines) is 2. The Kier molecular flexibility index (Phi) is 3.84. The summed E-state index contributed by atoms with van der Waals surface area (Å²) in [5.41, 5.74) is 0. The van der Waals surface area contributed by atoms with E-state index in [-0.39, 0.29) is 11.9 Å². The molecule has 20 heavy (non-hydrogen) atoms. The molecule has 0 bridgehead atoms. The highest BCUT2D eigenvalue weighted by Gasteiger charge is 2.46. The van der Waals surface area contributed by atoms with Gasteiger partial charge in [-0.2, -0.15) is 0 Å². The molecular weight excluding hydrogens is 270 g/mol. The summed E-state index contributed by atoms with van der Waals surface area (Å²) >= 11 is 1.89. The lowest BCUT2D eigenvalue weighted by Gasteiger charge is -2.25. The summed E-state index contributed by atoms with van der Waals surface area (Å²) < 4.78 is 0. The van der Waals surface area contributed by atoms with E-state index in [1.165, 1.54) is 9.75 Å². The molecule has 0 saturated carbocycles. The van der Waals surface area contributed by atoms with E-state index < -0.39 is 0 Å². The third-order valence-corrected chi connectivity index (χ3v) is 5.73. The number of hydrogen-bond donors (Lipinski definition) is 1. The van der Waals surface area contributed by atoms with Crippen molar-refractivity contribution in [2.75, 3.05) is 27.2 Å². The molecule has 0 spiro atoms. The Labute approximate surface area is 124 Å². The van der Waals surface area contributed by atoms with Crippen LogP contribution in [-0.4, -0.2) is 55.0 Å². The number of amides is 1. The number of thiophene rings is 1. The largest absolute Gasteiger partial charge is 0.358 e. The lowest BCUT2D eigenvalue weighted by molar-refractivity contribution is -0.125. The third kappa shape index (κ3) is 2.50. The van der Waals surface area contributed by atoms with Gasteiger partial charge in [0.2, 0.25) is 5.91 Å². The Morgan fingerprint density at radius 1 is 1.45 bits per heavy atom. The Bertz CT molecular complexity index is 501. The summed E-state index contributed by atoms with van der Waals surface area (Å²) in [6, 6.07) is 5.05. The first-order valence-corrected chi connectivity index (χ1v) is 8.11. The highest BCUT2D eigenvalue weighted by molar-refractivity contribution is 7.11.